The molecule has 1 fully saturated rings. The third-order valence-electron chi connectivity index (χ3n) is 6.23. The van der Waals surface area contributed by atoms with Gasteiger partial charge in [-0.3, -0.25) is 0 Å². The van der Waals surface area contributed by atoms with Crippen LogP contribution < -0.4 is 10.6 Å². The fourth-order valence-corrected chi connectivity index (χ4v) is 4.28. The summed E-state index contributed by atoms with van der Waals surface area (Å²) in [6.45, 7) is 16.7. The van der Waals surface area contributed by atoms with Gasteiger partial charge in [0.15, 0.2) is 0 Å². The van der Waals surface area contributed by atoms with Crippen LogP contribution in [0, 0.1) is 0 Å². The maximum Gasteiger partial charge on any atom is 0.120 e. The van der Waals surface area contributed by atoms with Gasteiger partial charge in [-0.05, 0) is 81.1 Å². The summed E-state index contributed by atoms with van der Waals surface area (Å²) in [7, 11) is 3.61. The van der Waals surface area contributed by atoms with E-state index in [1.54, 1.807) is 13.2 Å². The van der Waals surface area contributed by atoms with Crippen molar-refractivity contribution in [2.75, 3.05) is 40.3 Å². The minimum absolute atomic E-state index is 0.645. The minimum atomic E-state index is 0.645. The predicted molar refractivity (Wildman–Crippen MR) is 148 cm³/mol. The van der Waals surface area contributed by atoms with Crippen molar-refractivity contribution in [1.29, 1.82) is 0 Å². The summed E-state index contributed by atoms with van der Waals surface area (Å²) >= 11 is 0. The molecule has 34 heavy (non-hydrogen) atoms. The first-order valence-electron chi connectivity index (χ1n) is 12.6. The fraction of sp³-hybridized carbons (Fsp3) is 0.483. The van der Waals surface area contributed by atoms with Gasteiger partial charge in [-0.1, -0.05) is 45.2 Å². The van der Waals surface area contributed by atoms with Crippen LogP contribution in [0.5, 0.6) is 0 Å². The molecule has 2 rings (SSSR count). The molecule has 1 aliphatic heterocycles. The highest BCUT2D eigenvalue weighted by Crippen LogP contribution is 2.28. The number of hydrogen-bond acceptors (Lipinski definition) is 4. The summed E-state index contributed by atoms with van der Waals surface area (Å²) in [6.07, 6.45) is 13.9. The number of hydrogen-bond donors (Lipinski definition) is 2. The Balaban J connectivity index is 2.26. The summed E-state index contributed by atoms with van der Waals surface area (Å²) in [4.78, 5) is 7.59. The summed E-state index contributed by atoms with van der Waals surface area (Å²) < 4.78 is 5.53. The van der Waals surface area contributed by atoms with Crippen molar-refractivity contribution in [3.8, 4) is 0 Å². The molecule has 5 heteroatoms. The summed E-state index contributed by atoms with van der Waals surface area (Å²) in [6, 6.07) is 4.45. The Hall–Kier alpha value is -2.79. The smallest absolute Gasteiger partial charge is 0.120 e. The number of allylic oxidation sites excluding steroid dienone is 3. The van der Waals surface area contributed by atoms with Gasteiger partial charge in [0.2, 0.25) is 0 Å². The van der Waals surface area contributed by atoms with Gasteiger partial charge >= 0.3 is 0 Å². The Morgan fingerprint density at radius 1 is 1.18 bits per heavy atom. The van der Waals surface area contributed by atoms with Crippen molar-refractivity contribution >= 4 is 17.6 Å². The Morgan fingerprint density at radius 2 is 1.94 bits per heavy atom. The normalized spacial score (nSPS) is 15.4. The molecular weight excluding hydrogens is 420 g/mol. The second kappa shape index (κ2) is 15.2. The average Bonchev–Trinajstić information content (AvgIpc) is 3.38. The molecule has 1 heterocycles. The highest BCUT2D eigenvalue weighted by atomic mass is 16.5. The Bertz CT molecular complexity index is 892. The average molecular weight is 465 g/mol. The summed E-state index contributed by atoms with van der Waals surface area (Å²) in [5.41, 5.74) is 5.73. The van der Waals surface area contributed by atoms with Crippen LogP contribution in [0.1, 0.15) is 56.2 Å². The predicted octanol–water partition coefficient (Wildman–Crippen LogP) is 5.77. The number of methoxy groups -OCH3 is 1. The van der Waals surface area contributed by atoms with Crippen LogP contribution in [0.3, 0.4) is 0 Å². The lowest BCUT2D eigenvalue weighted by molar-refractivity contribution is 0.306. The molecule has 0 bridgehead atoms. The molecule has 1 saturated heterocycles. The van der Waals surface area contributed by atoms with E-state index in [1.807, 2.05) is 25.3 Å². The Labute approximate surface area is 207 Å². The molecule has 0 saturated carbocycles. The van der Waals surface area contributed by atoms with Crippen LogP contribution in [0.25, 0.3) is 6.08 Å². The van der Waals surface area contributed by atoms with Crippen LogP contribution in [-0.4, -0.2) is 51.1 Å². The van der Waals surface area contributed by atoms with E-state index in [-0.39, 0.29) is 0 Å². The standard InChI is InChI=1S/C29H44N4O/c1-7-14-26(34-6)21-25(31-15-13-18-33-16-11-12-17-33)22-29(30-5)32-28-20-23(8-2)19-24(9-3)27(28)10-4/h7,10,14,19-21,31H,1,4,8-9,11-13,15-18,22H2,2-3,5-6H3,(H,30,32)/b25-21+,26-14+. The molecule has 0 unspecified atom stereocenters. The van der Waals surface area contributed by atoms with Crippen LogP contribution >= 0.6 is 0 Å². The largest absolute Gasteiger partial charge is 0.497 e. The molecule has 1 aromatic carbocycles. The van der Waals surface area contributed by atoms with Crippen LogP contribution in [0.2, 0.25) is 0 Å². The van der Waals surface area contributed by atoms with Crippen molar-refractivity contribution in [3.63, 3.8) is 0 Å². The first-order chi connectivity index (χ1) is 16.6. The molecule has 0 aromatic heterocycles. The fourth-order valence-electron chi connectivity index (χ4n) is 4.28. The highest BCUT2D eigenvalue weighted by Gasteiger charge is 2.12. The van der Waals surface area contributed by atoms with Gasteiger partial charge in [0.05, 0.1) is 12.8 Å². The van der Waals surface area contributed by atoms with Crippen LogP contribution in [0.4, 0.5) is 5.69 Å². The van der Waals surface area contributed by atoms with E-state index in [4.69, 9.17) is 9.73 Å². The molecule has 0 spiro atoms. The SMILES string of the molecule is C=C/C=C(\C=C(/C/C(=N/c1cc(CC)cc(CC)c1C=C)NC)NCCCN1CCCC1)OC. The molecule has 0 aliphatic carbocycles. The number of likely N-dealkylation sites (tertiary alicyclic amines) is 1. The van der Waals surface area contributed by atoms with Gasteiger partial charge in [-0.2, -0.15) is 0 Å². The summed E-state index contributed by atoms with van der Waals surface area (Å²) in [5, 5.41) is 6.94. The lowest BCUT2D eigenvalue weighted by Gasteiger charge is -2.17. The topological polar surface area (TPSA) is 48.9 Å². The van der Waals surface area contributed by atoms with E-state index >= 15 is 0 Å². The lowest BCUT2D eigenvalue weighted by atomic mass is 9.98. The number of nitrogens with one attached hydrogen (secondary N) is 2. The van der Waals surface area contributed by atoms with Crippen LogP contribution in [-0.2, 0) is 17.6 Å². The maximum absolute atomic E-state index is 5.53. The lowest BCUT2D eigenvalue weighted by Crippen LogP contribution is -2.27. The van der Waals surface area contributed by atoms with E-state index in [0.717, 1.165) is 60.9 Å². The van der Waals surface area contributed by atoms with Crippen molar-refractivity contribution in [1.82, 2.24) is 15.5 Å². The van der Waals surface area contributed by atoms with Crippen molar-refractivity contribution in [2.45, 2.75) is 52.4 Å². The zero-order valence-electron chi connectivity index (χ0n) is 21.8. The molecule has 5 nitrogen and oxygen atoms in total. The van der Waals surface area contributed by atoms with Crippen molar-refractivity contribution < 1.29 is 4.74 Å². The van der Waals surface area contributed by atoms with Gasteiger partial charge in [0.1, 0.15) is 11.6 Å². The number of rotatable bonds is 14. The number of amidine groups is 1. The van der Waals surface area contributed by atoms with Gasteiger partial charge in [0.25, 0.3) is 0 Å². The maximum atomic E-state index is 5.53. The first-order valence-corrected chi connectivity index (χ1v) is 12.6. The zero-order valence-corrected chi connectivity index (χ0v) is 21.8. The molecule has 0 radical (unpaired) electrons. The van der Waals surface area contributed by atoms with E-state index in [9.17, 15) is 0 Å². The van der Waals surface area contributed by atoms with Crippen molar-refractivity contribution in [3.05, 3.63) is 71.7 Å². The van der Waals surface area contributed by atoms with E-state index in [0.29, 0.717) is 6.42 Å². The Morgan fingerprint density at radius 3 is 2.53 bits per heavy atom. The number of ether oxygens (including phenoxy) is 1. The second-order valence-electron chi connectivity index (χ2n) is 8.59. The molecule has 186 valence electrons. The van der Waals surface area contributed by atoms with Gasteiger partial charge in [-0.25, -0.2) is 4.99 Å². The minimum Gasteiger partial charge on any atom is -0.497 e. The molecule has 0 amide bonds. The van der Waals surface area contributed by atoms with E-state index in [1.165, 1.54) is 37.1 Å². The third-order valence-corrected chi connectivity index (χ3v) is 6.23. The number of aryl methyl sites for hydroxylation is 2. The number of nitrogens with zero attached hydrogens (tertiary/aromatic N) is 2. The molecular formula is C29H44N4O. The van der Waals surface area contributed by atoms with Gasteiger partial charge < -0.3 is 20.3 Å². The monoisotopic (exact) mass is 464 g/mol. The highest BCUT2D eigenvalue weighted by molar-refractivity contribution is 5.88. The van der Waals surface area contributed by atoms with Gasteiger partial charge in [0, 0.05) is 31.3 Å². The molecule has 1 aromatic rings. The summed E-state index contributed by atoms with van der Waals surface area (Å²) in [5.74, 6) is 1.66. The van der Waals surface area contributed by atoms with Crippen LogP contribution in [0.15, 0.2) is 60.0 Å². The number of aliphatic imine (C=N–C) groups is 1. The number of benzene rings is 1. The van der Waals surface area contributed by atoms with E-state index < -0.39 is 0 Å². The van der Waals surface area contributed by atoms with E-state index in [2.05, 4.69) is 54.7 Å². The first kappa shape index (κ1) is 27.5. The van der Waals surface area contributed by atoms with Crippen molar-refractivity contribution in [2.24, 2.45) is 4.99 Å². The second-order valence-corrected chi connectivity index (χ2v) is 8.59. The molecule has 2 N–H and O–H groups in total. The third kappa shape index (κ3) is 8.53. The zero-order chi connectivity index (χ0) is 24.8. The van der Waals surface area contributed by atoms with Gasteiger partial charge in [-0.15, -0.1) is 0 Å². The molecule has 0 atom stereocenters. The Kier molecular flexibility index (Phi) is 12.3. The quantitative estimate of drug-likeness (QED) is 0.121. The molecule has 1 aliphatic rings.